The van der Waals surface area contributed by atoms with Gasteiger partial charge in [-0.1, -0.05) is 38.0 Å². The van der Waals surface area contributed by atoms with Gasteiger partial charge in [-0.05, 0) is 31.4 Å². The summed E-state index contributed by atoms with van der Waals surface area (Å²) in [6.07, 6.45) is 13.6. The first-order chi connectivity index (χ1) is 10.9. The fourth-order valence-electron chi connectivity index (χ4n) is 2.63. The number of nitrogens with one attached hydrogen (secondary N) is 1. The molecule has 1 aliphatic carbocycles. The number of ether oxygens (including phenoxy) is 1. The van der Waals surface area contributed by atoms with Gasteiger partial charge >= 0.3 is 5.97 Å². The van der Waals surface area contributed by atoms with E-state index in [9.17, 15) is 14.7 Å². The van der Waals surface area contributed by atoms with Gasteiger partial charge in [-0.25, -0.2) is 4.79 Å². The third-order valence-electron chi connectivity index (χ3n) is 3.90. The molecular formula is C18H27NO4. The van der Waals surface area contributed by atoms with E-state index in [1.54, 1.807) is 12.2 Å². The molecule has 0 saturated heterocycles. The van der Waals surface area contributed by atoms with Crippen LogP contribution < -0.4 is 5.32 Å². The van der Waals surface area contributed by atoms with E-state index in [4.69, 9.17) is 4.74 Å². The molecule has 0 radical (unpaired) electrons. The zero-order valence-corrected chi connectivity index (χ0v) is 14.2. The molecule has 1 rings (SSSR count). The molecule has 0 fully saturated rings. The molecule has 5 nitrogen and oxygen atoms in total. The summed E-state index contributed by atoms with van der Waals surface area (Å²) in [7, 11) is 1.31. The van der Waals surface area contributed by atoms with E-state index >= 15 is 0 Å². The Hall–Kier alpha value is -2.04. The predicted molar refractivity (Wildman–Crippen MR) is 89.8 cm³/mol. The average Bonchev–Trinajstić information content (AvgIpc) is 2.52. The molecule has 0 aromatic carbocycles. The lowest BCUT2D eigenvalue weighted by Gasteiger charge is -2.32. The Kier molecular flexibility index (Phi) is 7.59. The zero-order chi connectivity index (χ0) is 17.3. The number of methoxy groups -OCH3 is 1. The molecule has 1 unspecified atom stereocenters. The molecule has 2 N–H and O–H groups in total. The molecule has 0 aliphatic heterocycles. The van der Waals surface area contributed by atoms with Crippen molar-refractivity contribution in [1.29, 1.82) is 0 Å². The molecule has 0 saturated carbocycles. The van der Waals surface area contributed by atoms with E-state index in [1.807, 2.05) is 6.08 Å². The van der Waals surface area contributed by atoms with Crippen LogP contribution in [0.4, 0.5) is 0 Å². The highest BCUT2D eigenvalue weighted by Crippen LogP contribution is 2.36. The van der Waals surface area contributed by atoms with Crippen molar-refractivity contribution in [2.24, 2.45) is 5.41 Å². The van der Waals surface area contributed by atoms with E-state index in [0.717, 1.165) is 19.3 Å². The van der Waals surface area contributed by atoms with Gasteiger partial charge in [0.2, 0.25) is 5.91 Å². The smallest absolute Gasteiger partial charge is 0.328 e. The van der Waals surface area contributed by atoms with Gasteiger partial charge in [-0.2, -0.15) is 0 Å². The first-order valence-electron chi connectivity index (χ1n) is 8.03. The molecule has 0 spiro atoms. The van der Waals surface area contributed by atoms with Crippen LogP contribution >= 0.6 is 0 Å². The number of rotatable bonds is 8. The molecule has 23 heavy (non-hydrogen) atoms. The maximum absolute atomic E-state index is 12.0. The van der Waals surface area contributed by atoms with Crippen LogP contribution in [0.3, 0.4) is 0 Å². The molecule has 1 aliphatic rings. The van der Waals surface area contributed by atoms with E-state index in [0.29, 0.717) is 12.8 Å². The maximum atomic E-state index is 12.0. The van der Waals surface area contributed by atoms with Crippen LogP contribution in [0.1, 0.15) is 46.0 Å². The number of hydrogen-bond acceptors (Lipinski definition) is 4. The van der Waals surface area contributed by atoms with Crippen molar-refractivity contribution >= 4 is 11.9 Å². The van der Waals surface area contributed by atoms with Crippen LogP contribution in [0.2, 0.25) is 0 Å². The molecule has 0 aromatic heterocycles. The summed E-state index contributed by atoms with van der Waals surface area (Å²) in [6.45, 7) is 3.51. The average molecular weight is 321 g/mol. The van der Waals surface area contributed by atoms with Gasteiger partial charge in [0.25, 0.3) is 0 Å². The molecule has 0 bridgehead atoms. The highest BCUT2D eigenvalue weighted by atomic mass is 16.5. The van der Waals surface area contributed by atoms with Gasteiger partial charge in [0.05, 0.1) is 7.11 Å². The molecule has 0 heterocycles. The first-order valence-corrected chi connectivity index (χ1v) is 8.03. The Labute approximate surface area is 138 Å². The molecule has 2 atom stereocenters. The number of carbonyl (C=O) groups excluding carboxylic acids is 2. The van der Waals surface area contributed by atoms with Gasteiger partial charge in [0, 0.05) is 12.3 Å². The first kappa shape index (κ1) is 19.0. The summed E-state index contributed by atoms with van der Waals surface area (Å²) in [6, 6.07) is -0.716. The molecule has 0 aromatic rings. The van der Waals surface area contributed by atoms with Crippen LogP contribution in [0.25, 0.3) is 0 Å². The Bertz CT molecular complexity index is 507. The van der Waals surface area contributed by atoms with Crippen LogP contribution in [0, 0.1) is 5.41 Å². The Balaban J connectivity index is 2.94. The minimum atomic E-state index is -0.716. The van der Waals surface area contributed by atoms with Crippen LogP contribution in [0.15, 0.2) is 36.1 Å². The summed E-state index contributed by atoms with van der Waals surface area (Å²) >= 11 is 0. The highest BCUT2D eigenvalue weighted by Gasteiger charge is 2.33. The SMILES string of the molecule is CCCCC=CC1(C[C@H](NC(C)=O)C(=O)OC)C=CC(O)=CC1. The molecular weight excluding hydrogens is 294 g/mol. The number of allylic oxidation sites excluding steroid dienone is 5. The number of aliphatic hydroxyl groups excluding tert-OH is 1. The van der Waals surface area contributed by atoms with Crippen LogP contribution in [-0.4, -0.2) is 30.1 Å². The minimum Gasteiger partial charge on any atom is -0.508 e. The van der Waals surface area contributed by atoms with Gasteiger partial charge < -0.3 is 15.2 Å². The van der Waals surface area contributed by atoms with Crippen LogP contribution in [-0.2, 0) is 14.3 Å². The minimum absolute atomic E-state index is 0.219. The Morgan fingerprint density at radius 3 is 2.78 bits per heavy atom. The lowest BCUT2D eigenvalue weighted by molar-refractivity contribution is -0.145. The normalized spacial score (nSPS) is 21.8. The standard InChI is InChI=1S/C18H27NO4/c1-4-5-6-7-10-18(11-8-15(21)9-12-18)13-16(17(22)23-3)19-14(2)20/h7-11,16,21H,4-6,12-13H2,1-3H3,(H,19,20)/t16-,18?/m0/s1. The van der Waals surface area contributed by atoms with E-state index in [2.05, 4.69) is 24.4 Å². The summed E-state index contributed by atoms with van der Waals surface area (Å²) in [5.74, 6) is -0.519. The fourth-order valence-corrected chi connectivity index (χ4v) is 2.63. The predicted octanol–water partition coefficient (Wildman–Crippen LogP) is 3.19. The number of esters is 1. The third kappa shape index (κ3) is 6.30. The van der Waals surface area contributed by atoms with Crippen molar-refractivity contribution in [3.63, 3.8) is 0 Å². The van der Waals surface area contributed by atoms with Crippen molar-refractivity contribution in [3.05, 3.63) is 36.1 Å². The fraction of sp³-hybridized carbons (Fsp3) is 0.556. The van der Waals surface area contributed by atoms with E-state index in [1.165, 1.54) is 14.0 Å². The summed E-state index contributed by atoms with van der Waals surface area (Å²) in [5.41, 5.74) is -0.415. The number of unbranched alkanes of at least 4 members (excludes halogenated alkanes) is 2. The van der Waals surface area contributed by atoms with Gasteiger partial charge in [-0.15, -0.1) is 0 Å². The summed E-state index contributed by atoms with van der Waals surface area (Å²) in [5, 5.41) is 12.2. The molecule has 1 amide bonds. The quantitative estimate of drug-likeness (QED) is 0.409. The second kappa shape index (κ2) is 9.18. The summed E-state index contributed by atoms with van der Waals surface area (Å²) in [4.78, 5) is 23.3. The Morgan fingerprint density at radius 1 is 1.52 bits per heavy atom. The highest BCUT2D eigenvalue weighted by molar-refractivity contribution is 5.83. The topological polar surface area (TPSA) is 75.6 Å². The van der Waals surface area contributed by atoms with Gasteiger partial charge in [0.15, 0.2) is 0 Å². The van der Waals surface area contributed by atoms with E-state index < -0.39 is 17.4 Å². The second-order valence-electron chi connectivity index (χ2n) is 5.92. The van der Waals surface area contributed by atoms with Crippen molar-refractivity contribution in [2.75, 3.05) is 7.11 Å². The molecule has 128 valence electrons. The lowest BCUT2D eigenvalue weighted by atomic mass is 9.75. The lowest BCUT2D eigenvalue weighted by Crippen LogP contribution is -2.43. The number of amides is 1. The van der Waals surface area contributed by atoms with Gasteiger partial charge in [0.1, 0.15) is 11.8 Å². The van der Waals surface area contributed by atoms with Crippen molar-refractivity contribution < 1.29 is 19.4 Å². The zero-order valence-electron chi connectivity index (χ0n) is 14.2. The maximum Gasteiger partial charge on any atom is 0.328 e. The van der Waals surface area contributed by atoms with Crippen molar-refractivity contribution in [1.82, 2.24) is 5.32 Å². The number of hydrogen-bond donors (Lipinski definition) is 2. The summed E-state index contributed by atoms with van der Waals surface area (Å²) < 4.78 is 4.80. The number of carbonyl (C=O) groups is 2. The second-order valence-corrected chi connectivity index (χ2v) is 5.92. The monoisotopic (exact) mass is 321 g/mol. The largest absolute Gasteiger partial charge is 0.508 e. The third-order valence-corrected chi connectivity index (χ3v) is 3.90. The van der Waals surface area contributed by atoms with Crippen molar-refractivity contribution in [3.8, 4) is 0 Å². The van der Waals surface area contributed by atoms with Crippen LogP contribution in [0.5, 0.6) is 0 Å². The van der Waals surface area contributed by atoms with Crippen molar-refractivity contribution in [2.45, 2.75) is 52.0 Å². The van der Waals surface area contributed by atoms with Gasteiger partial charge in [-0.3, -0.25) is 4.79 Å². The van der Waals surface area contributed by atoms with E-state index in [-0.39, 0.29) is 11.7 Å². The number of aliphatic hydroxyl groups is 1. The Morgan fingerprint density at radius 2 is 2.26 bits per heavy atom. The molecule has 5 heteroatoms.